The zero-order chi connectivity index (χ0) is 15.2. The Morgan fingerprint density at radius 3 is 2.52 bits per heavy atom. The molecule has 1 amide bonds. The molecule has 0 saturated carbocycles. The highest BCUT2D eigenvalue weighted by molar-refractivity contribution is 5.87. The molecule has 0 spiro atoms. The maximum atomic E-state index is 11.7. The Labute approximate surface area is 122 Å². The topological polar surface area (TPSA) is 84.2 Å². The molecule has 6 nitrogen and oxygen atoms in total. The van der Waals surface area contributed by atoms with Gasteiger partial charge in [-0.2, -0.15) is 5.10 Å². The summed E-state index contributed by atoms with van der Waals surface area (Å²) in [7, 11) is 1.81. The van der Waals surface area contributed by atoms with Gasteiger partial charge < -0.3 is 10.4 Å². The summed E-state index contributed by atoms with van der Waals surface area (Å²) in [4.78, 5) is 22.5. The maximum absolute atomic E-state index is 11.7. The van der Waals surface area contributed by atoms with Gasteiger partial charge in [-0.05, 0) is 29.7 Å². The number of aromatic carboxylic acids is 1. The number of carboxylic acid groups (broad SMARTS) is 1. The quantitative estimate of drug-likeness (QED) is 0.830. The molecule has 110 valence electrons. The number of carbonyl (C=O) groups excluding carboxylic acids is 1. The molecule has 0 aliphatic heterocycles. The van der Waals surface area contributed by atoms with Crippen molar-refractivity contribution in [2.75, 3.05) is 6.54 Å². The normalized spacial score (nSPS) is 10.3. The van der Waals surface area contributed by atoms with E-state index in [9.17, 15) is 9.59 Å². The summed E-state index contributed by atoms with van der Waals surface area (Å²) >= 11 is 0. The minimum absolute atomic E-state index is 0.0508. The smallest absolute Gasteiger partial charge is 0.335 e. The van der Waals surface area contributed by atoms with E-state index in [1.54, 1.807) is 35.1 Å². The van der Waals surface area contributed by atoms with Crippen molar-refractivity contribution in [1.29, 1.82) is 0 Å². The Hall–Kier alpha value is -2.63. The number of aryl methyl sites for hydroxylation is 1. The van der Waals surface area contributed by atoms with Crippen molar-refractivity contribution < 1.29 is 14.7 Å². The fraction of sp³-hybridized carbons (Fsp3) is 0.267. The number of nitrogens with one attached hydrogen (secondary N) is 1. The summed E-state index contributed by atoms with van der Waals surface area (Å²) in [6, 6.07) is 6.65. The van der Waals surface area contributed by atoms with Crippen LogP contribution in [0.3, 0.4) is 0 Å². The van der Waals surface area contributed by atoms with Gasteiger partial charge in [-0.3, -0.25) is 9.48 Å². The monoisotopic (exact) mass is 287 g/mol. The van der Waals surface area contributed by atoms with Crippen LogP contribution in [0.1, 0.15) is 21.5 Å². The first-order chi connectivity index (χ1) is 10.0. The van der Waals surface area contributed by atoms with Gasteiger partial charge in [0.15, 0.2) is 0 Å². The van der Waals surface area contributed by atoms with Crippen molar-refractivity contribution in [2.45, 2.75) is 12.8 Å². The summed E-state index contributed by atoms with van der Waals surface area (Å²) < 4.78 is 1.66. The largest absolute Gasteiger partial charge is 0.478 e. The third-order valence-corrected chi connectivity index (χ3v) is 3.06. The Kier molecular flexibility index (Phi) is 4.71. The van der Waals surface area contributed by atoms with Gasteiger partial charge in [-0.25, -0.2) is 4.79 Å². The standard InChI is InChI=1S/C15H17N3O3/c1-18-10-12(9-17-18)8-14(19)16-7-6-11-2-4-13(5-3-11)15(20)21/h2-5,9-10H,6-8H2,1H3,(H,16,19)(H,20,21). The molecule has 1 aromatic heterocycles. The minimum atomic E-state index is -0.939. The summed E-state index contributed by atoms with van der Waals surface area (Å²) in [5.74, 6) is -0.989. The number of rotatable bonds is 6. The van der Waals surface area contributed by atoms with Crippen molar-refractivity contribution in [3.8, 4) is 0 Å². The molecule has 0 unspecified atom stereocenters. The highest BCUT2D eigenvalue weighted by atomic mass is 16.4. The molecule has 6 heteroatoms. The molecule has 0 atom stereocenters. The number of carboxylic acids is 1. The molecular formula is C15H17N3O3. The van der Waals surface area contributed by atoms with E-state index < -0.39 is 5.97 Å². The van der Waals surface area contributed by atoms with E-state index in [0.717, 1.165) is 11.1 Å². The van der Waals surface area contributed by atoms with E-state index >= 15 is 0 Å². The number of carbonyl (C=O) groups is 2. The minimum Gasteiger partial charge on any atom is -0.478 e. The summed E-state index contributed by atoms with van der Waals surface area (Å²) in [6.07, 6.45) is 4.46. The lowest BCUT2D eigenvalue weighted by atomic mass is 10.1. The van der Waals surface area contributed by atoms with Crippen molar-refractivity contribution >= 4 is 11.9 Å². The molecule has 1 aromatic carbocycles. The average molecular weight is 287 g/mol. The van der Waals surface area contributed by atoms with Gasteiger partial charge in [0.25, 0.3) is 0 Å². The van der Waals surface area contributed by atoms with E-state index in [2.05, 4.69) is 10.4 Å². The van der Waals surface area contributed by atoms with Crippen LogP contribution in [0.5, 0.6) is 0 Å². The molecule has 2 aromatic rings. The number of benzene rings is 1. The first-order valence-electron chi connectivity index (χ1n) is 6.61. The fourth-order valence-corrected chi connectivity index (χ4v) is 1.97. The number of amides is 1. The predicted molar refractivity (Wildman–Crippen MR) is 77.0 cm³/mol. The van der Waals surface area contributed by atoms with Crippen molar-refractivity contribution in [1.82, 2.24) is 15.1 Å². The zero-order valence-corrected chi connectivity index (χ0v) is 11.7. The van der Waals surface area contributed by atoms with Gasteiger partial charge in [-0.1, -0.05) is 12.1 Å². The van der Waals surface area contributed by atoms with Gasteiger partial charge in [0, 0.05) is 19.8 Å². The number of nitrogens with zero attached hydrogens (tertiary/aromatic N) is 2. The lowest BCUT2D eigenvalue weighted by Crippen LogP contribution is -2.27. The molecule has 0 aliphatic rings. The van der Waals surface area contributed by atoms with E-state index in [0.29, 0.717) is 19.4 Å². The first-order valence-corrected chi connectivity index (χ1v) is 6.61. The molecule has 0 radical (unpaired) electrons. The Morgan fingerprint density at radius 1 is 1.24 bits per heavy atom. The predicted octanol–water partition coefficient (Wildman–Crippen LogP) is 1.02. The van der Waals surface area contributed by atoms with Crippen LogP contribution in [-0.4, -0.2) is 33.3 Å². The second kappa shape index (κ2) is 6.69. The van der Waals surface area contributed by atoms with E-state index in [4.69, 9.17) is 5.11 Å². The van der Waals surface area contributed by atoms with E-state index in [-0.39, 0.29) is 11.5 Å². The molecule has 0 saturated heterocycles. The first kappa shape index (κ1) is 14.8. The van der Waals surface area contributed by atoms with Gasteiger partial charge in [0.2, 0.25) is 5.91 Å². The lowest BCUT2D eigenvalue weighted by Gasteiger charge is -2.05. The maximum Gasteiger partial charge on any atom is 0.335 e. The number of hydrogen-bond acceptors (Lipinski definition) is 3. The SMILES string of the molecule is Cn1cc(CC(=O)NCCc2ccc(C(=O)O)cc2)cn1. The van der Waals surface area contributed by atoms with Crippen molar-refractivity contribution in [3.05, 3.63) is 53.3 Å². The molecule has 21 heavy (non-hydrogen) atoms. The molecule has 0 fully saturated rings. The summed E-state index contributed by atoms with van der Waals surface area (Å²) in [5.41, 5.74) is 2.13. The third kappa shape index (κ3) is 4.45. The van der Waals surface area contributed by atoms with Gasteiger partial charge in [0.05, 0.1) is 18.2 Å². The Balaban J connectivity index is 1.76. The van der Waals surface area contributed by atoms with Gasteiger partial charge in [-0.15, -0.1) is 0 Å². The zero-order valence-electron chi connectivity index (χ0n) is 11.7. The summed E-state index contributed by atoms with van der Waals surface area (Å²) in [6.45, 7) is 0.519. The fourth-order valence-electron chi connectivity index (χ4n) is 1.97. The lowest BCUT2D eigenvalue weighted by molar-refractivity contribution is -0.120. The Morgan fingerprint density at radius 2 is 1.95 bits per heavy atom. The van der Waals surface area contributed by atoms with Crippen LogP contribution < -0.4 is 5.32 Å². The number of hydrogen-bond donors (Lipinski definition) is 2. The number of aromatic nitrogens is 2. The second-order valence-corrected chi connectivity index (χ2v) is 4.80. The van der Waals surface area contributed by atoms with Gasteiger partial charge in [0.1, 0.15) is 0 Å². The van der Waals surface area contributed by atoms with Crippen LogP contribution in [-0.2, 0) is 24.7 Å². The Bertz CT molecular complexity index is 632. The van der Waals surface area contributed by atoms with Crippen LogP contribution in [0.4, 0.5) is 0 Å². The molecular weight excluding hydrogens is 270 g/mol. The average Bonchev–Trinajstić information content (AvgIpc) is 2.84. The van der Waals surface area contributed by atoms with Crippen molar-refractivity contribution in [3.63, 3.8) is 0 Å². The molecule has 0 aliphatic carbocycles. The second-order valence-electron chi connectivity index (χ2n) is 4.80. The van der Waals surface area contributed by atoms with E-state index in [1.165, 1.54) is 0 Å². The highest BCUT2D eigenvalue weighted by Crippen LogP contribution is 2.05. The van der Waals surface area contributed by atoms with Crippen LogP contribution in [0.15, 0.2) is 36.7 Å². The molecule has 1 heterocycles. The molecule has 2 rings (SSSR count). The van der Waals surface area contributed by atoms with Crippen LogP contribution in [0.25, 0.3) is 0 Å². The molecule has 2 N–H and O–H groups in total. The van der Waals surface area contributed by atoms with Crippen molar-refractivity contribution in [2.24, 2.45) is 7.05 Å². The highest BCUT2D eigenvalue weighted by Gasteiger charge is 2.05. The summed E-state index contributed by atoms with van der Waals surface area (Å²) in [5, 5.41) is 15.6. The van der Waals surface area contributed by atoms with Gasteiger partial charge >= 0.3 is 5.97 Å². The van der Waals surface area contributed by atoms with Crippen LogP contribution >= 0.6 is 0 Å². The molecule has 0 bridgehead atoms. The van der Waals surface area contributed by atoms with E-state index in [1.807, 2.05) is 13.2 Å². The van der Waals surface area contributed by atoms with Crippen LogP contribution in [0, 0.1) is 0 Å². The van der Waals surface area contributed by atoms with Crippen LogP contribution in [0.2, 0.25) is 0 Å². The third-order valence-electron chi connectivity index (χ3n) is 3.06.